The van der Waals surface area contributed by atoms with Crippen LogP contribution in [0.2, 0.25) is 0 Å². The molecule has 192 valence electrons. The smallest absolute Gasteiger partial charge is 0.465 e. The molecule has 0 aliphatic rings. The van der Waals surface area contributed by atoms with E-state index in [-0.39, 0.29) is 41.6 Å². The van der Waals surface area contributed by atoms with Gasteiger partial charge in [-0.25, -0.2) is 0 Å². The number of esters is 1. The summed E-state index contributed by atoms with van der Waals surface area (Å²) in [5.41, 5.74) is 0. The Kier molecular flexibility index (Phi) is 32.9. The Morgan fingerprint density at radius 3 is 1.30 bits per heavy atom. The summed E-state index contributed by atoms with van der Waals surface area (Å²) >= 11 is 0. The van der Waals surface area contributed by atoms with Crippen LogP contribution in [0.3, 0.4) is 0 Å². The molecule has 0 heterocycles. The van der Waals surface area contributed by atoms with E-state index in [2.05, 4.69) is 19.2 Å². The summed E-state index contributed by atoms with van der Waals surface area (Å²) in [6.45, 7) is 7.99. The van der Waals surface area contributed by atoms with Crippen LogP contribution in [0, 0.1) is 0 Å². The van der Waals surface area contributed by atoms with Gasteiger partial charge in [-0.15, -0.1) is 0 Å². The van der Waals surface area contributed by atoms with E-state index in [4.69, 9.17) is 4.74 Å². The summed E-state index contributed by atoms with van der Waals surface area (Å²) < 4.78 is 5.44. The van der Waals surface area contributed by atoms with Gasteiger partial charge in [-0.3, -0.25) is 4.79 Å². The molecule has 4 heteroatoms. The van der Waals surface area contributed by atoms with Crippen LogP contribution in [0.4, 0.5) is 0 Å². The summed E-state index contributed by atoms with van der Waals surface area (Å²) in [7, 11) is 0. The second kappa shape index (κ2) is 30.5. The first-order valence-corrected chi connectivity index (χ1v) is 14.6. The molecular formula is C29H59NNaO2+. The van der Waals surface area contributed by atoms with Gasteiger partial charge in [0.05, 0.1) is 6.61 Å². The Morgan fingerprint density at radius 2 is 0.909 bits per heavy atom. The van der Waals surface area contributed by atoms with E-state index in [1.807, 2.05) is 6.92 Å². The predicted molar refractivity (Wildman–Crippen MR) is 141 cm³/mol. The van der Waals surface area contributed by atoms with Gasteiger partial charge in [0.25, 0.3) is 0 Å². The van der Waals surface area contributed by atoms with Gasteiger partial charge in [0.2, 0.25) is 0 Å². The molecule has 0 saturated carbocycles. The van der Waals surface area contributed by atoms with Crippen molar-refractivity contribution < 1.29 is 39.1 Å². The summed E-state index contributed by atoms with van der Waals surface area (Å²) in [5, 5.41) is 3.33. The van der Waals surface area contributed by atoms with E-state index in [1.54, 1.807) is 0 Å². The number of unbranched alkanes of at least 4 members (excludes halogenated alkanes) is 20. The molecule has 0 saturated heterocycles. The van der Waals surface area contributed by atoms with Crippen molar-refractivity contribution in [3.63, 3.8) is 0 Å². The molecular weight excluding hydrogens is 417 g/mol. The van der Waals surface area contributed by atoms with Crippen LogP contribution >= 0.6 is 0 Å². The molecule has 1 atom stereocenters. The van der Waals surface area contributed by atoms with Gasteiger partial charge in [0, 0.05) is 0 Å². The molecule has 0 spiro atoms. The van der Waals surface area contributed by atoms with E-state index < -0.39 is 0 Å². The molecule has 0 amide bonds. The Bertz CT molecular complexity index is 379. The zero-order chi connectivity index (χ0) is 23.5. The minimum absolute atomic E-state index is 0. The maximum Gasteiger partial charge on any atom is 1.00 e. The maximum absolute atomic E-state index is 12.1. The van der Waals surface area contributed by atoms with Crippen LogP contribution < -0.4 is 34.9 Å². The summed E-state index contributed by atoms with van der Waals surface area (Å²) in [5.74, 6) is -0.0832. The third-order valence-corrected chi connectivity index (χ3v) is 6.58. The third-order valence-electron chi connectivity index (χ3n) is 6.58. The fourth-order valence-electron chi connectivity index (χ4n) is 4.26. The summed E-state index contributed by atoms with van der Waals surface area (Å²) in [6, 6.07) is -0.175. The monoisotopic (exact) mass is 476 g/mol. The molecule has 1 N–H and O–H groups in total. The van der Waals surface area contributed by atoms with Crippen molar-refractivity contribution in [1.82, 2.24) is 5.32 Å². The van der Waals surface area contributed by atoms with Crippen LogP contribution in [0.1, 0.15) is 162 Å². The Balaban J connectivity index is 0. The first-order chi connectivity index (χ1) is 15.7. The van der Waals surface area contributed by atoms with Crippen molar-refractivity contribution in [3.05, 3.63) is 0 Å². The summed E-state index contributed by atoms with van der Waals surface area (Å²) in [4.78, 5) is 12.1. The molecule has 0 aromatic heterocycles. The number of ether oxygens (including phenoxy) is 1. The second-order valence-electron chi connectivity index (χ2n) is 9.91. The van der Waals surface area contributed by atoms with Crippen molar-refractivity contribution in [2.45, 2.75) is 168 Å². The van der Waals surface area contributed by atoms with Crippen molar-refractivity contribution >= 4 is 5.97 Å². The molecule has 0 bridgehead atoms. The fraction of sp³-hybridized carbons (Fsp3) is 0.966. The average molecular weight is 477 g/mol. The summed E-state index contributed by atoms with van der Waals surface area (Å²) in [6.07, 6.45) is 29.4. The van der Waals surface area contributed by atoms with Gasteiger partial charge in [-0.05, 0) is 26.3 Å². The SMILES string of the molecule is CCCCCCCCCCCCCCOC(=O)C(C)NCCCCCCCCCCCC.[Na+]. The van der Waals surface area contributed by atoms with Gasteiger partial charge in [0.1, 0.15) is 6.04 Å². The first kappa shape index (κ1) is 35.6. The number of hydrogen-bond donors (Lipinski definition) is 1. The number of carbonyl (C=O) groups excluding carboxylic acids is 1. The van der Waals surface area contributed by atoms with Crippen LogP contribution in [0.15, 0.2) is 0 Å². The van der Waals surface area contributed by atoms with Crippen LogP contribution in [-0.2, 0) is 9.53 Å². The van der Waals surface area contributed by atoms with Crippen molar-refractivity contribution in [1.29, 1.82) is 0 Å². The zero-order valence-corrected chi connectivity index (χ0v) is 25.4. The Morgan fingerprint density at radius 1 is 0.576 bits per heavy atom. The number of nitrogens with one attached hydrogen (secondary N) is 1. The normalized spacial score (nSPS) is 11.8. The number of hydrogen-bond acceptors (Lipinski definition) is 3. The Hall–Kier alpha value is 0.430. The molecule has 0 radical (unpaired) electrons. The first-order valence-electron chi connectivity index (χ1n) is 14.6. The van der Waals surface area contributed by atoms with Gasteiger partial charge in [-0.2, -0.15) is 0 Å². The molecule has 0 aliphatic heterocycles. The average Bonchev–Trinajstić information content (AvgIpc) is 2.80. The van der Waals surface area contributed by atoms with E-state index in [9.17, 15) is 4.79 Å². The molecule has 1 unspecified atom stereocenters. The quantitative estimate of drug-likeness (QED) is 0.0926. The number of rotatable bonds is 26. The van der Waals surface area contributed by atoms with Crippen molar-refractivity contribution in [3.8, 4) is 0 Å². The van der Waals surface area contributed by atoms with Gasteiger partial charge < -0.3 is 10.1 Å². The Labute approximate surface area is 230 Å². The molecule has 33 heavy (non-hydrogen) atoms. The van der Waals surface area contributed by atoms with E-state index >= 15 is 0 Å². The van der Waals surface area contributed by atoms with Crippen molar-refractivity contribution in [2.24, 2.45) is 0 Å². The minimum Gasteiger partial charge on any atom is -0.465 e. The van der Waals surface area contributed by atoms with Gasteiger partial charge in [-0.1, -0.05) is 142 Å². The maximum atomic E-state index is 12.1. The third kappa shape index (κ3) is 28.6. The molecule has 0 aromatic carbocycles. The molecule has 0 aliphatic carbocycles. The standard InChI is InChI=1S/C29H59NO2.Na/c1-4-6-8-10-12-14-16-17-19-21-23-25-27-32-29(31)28(3)30-26-24-22-20-18-15-13-11-9-7-5-2;/h28,30H,4-27H2,1-3H3;/q;+1. The molecule has 0 aromatic rings. The van der Waals surface area contributed by atoms with Crippen molar-refractivity contribution in [2.75, 3.05) is 13.2 Å². The molecule has 0 rings (SSSR count). The van der Waals surface area contributed by atoms with E-state index in [1.165, 1.54) is 128 Å². The zero-order valence-electron chi connectivity index (χ0n) is 23.4. The van der Waals surface area contributed by atoms with Crippen LogP contribution in [-0.4, -0.2) is 25.2 Å². The fourth-order valence-corrected chi connectivity index (χ4v) is 4.26. The topological polar surface area (TPSA) is 38.3 Å². The molecule has 3 nitrogen and oxygen atoms in total. The minimum atomic E-state index is -0.175. The molecule has 0 fully saturated rings. The van der Waals surface area contributed by atoms with Crippen LogP contribution in [0.5, 0.6) is 0 Å². The predicted octanol–water partition coefficient (Wildman–Crippen LogP) is 6.13. The van der Waals surface area contributed by atoms with E-state index in [0.717, 1.165) is 19.4 Å². The largest absolute Gasteiger partial charge is 1.00 e. The second-order valence-corrected chi connectivity index (χ2v) is 9.91. The van der Waals surface area contributed by atoms with Gasteiger partial charge in [0.15, 0.2) is 0 Å². The number of carbonyl (C=O) groups is 1. The van der Waals surface area contributed by atoms with Crippen LogP contribution in [0.25, 0.3) is 0 Å². The van der Waals surface area contributed by atoms with Gasteiger partial charge >= 0.3 is 35.5 Å². The van der Waals surface area contributed by atoms with E-state index in [0.29, 0.717) is 6.61 Å².